The number of aliphatic carboxylic acids is 3. The number of carboxylic acids is 3. The average Bonchev–Trinajstić information content (AvgIpc) is 3.31. The molecule has 0 radical (unpaired) electrons. The third-order valence-corrected chi connectivity index (χ3v) is 8.48. The van der Waals surface area contributed by atoms with E-state index in [1.807, 2.05) is 0 Å². The van der Waals surface area contributed by atoms with Crippen molar-refractivity contribution in [3.8, 4) is 0 Å². The van der Waals surface area contributed by atoms with Gasteiger partial charge in [-0.1, -0.05) is 30.3 Å². The molecule has 0 aromatic heterocycles. The van der Waals surface area contributed by atoms with Crippen LogP contribution in [0.4, 0.5) is 0 Å². The van der Waals surface area contributed by atoms with E-state index in [1.165, 1.54) is 39.8 Å². The molecule has 4 aliphatic rings. The quantitative estimate of drug-likeness (QED) is 0.203. The summed E-state index contributed by atoms with van der Waals surface area (Å²) in [5.74, 6) is -6.38. The first kappa shape index (κ1) is 28.9. The average molecular weight is 578 g/mol. The molecule has 1 aromatic carbocycles. The second-order valence-corrected chi connectivity index (χ2v) is 11.6. The summed E-state index contributed by atoms with van der Waals surface area (Å²) in [5.41, 5.74) is 0.309. The number of β-lactam (4-membered cyclic amide) rings is 2. The molecule has 4 fully saturated rings. The minimum atomic E-state index is -1.44. The highest BCUT2D eigenvalue weighted by Crippen LogP contribution is 2.50. The Morgan fingerprint density at radius 1 is 1.10 bits per heavy atom. The van der Waals surface area contributed by atoms with E-state index in [4.69, 9.17) is 14.9 Å². The molecule has 1 aromatic rings. The Hall–Kier alpha value is -4.11. The van der Waals surface area contributed by atoms with Gasteiger partial charge in [0.25, 0.3) is 0 Å². The molecule has 4 saturated heterocycles. The number of hydrogen-bond donors (Lipinski definition) is 5. The van der Waals surface area contributed by atoms with E-state index in [0.717, 1.165) is 0 Å². The zero-order valence-electron chi connectivity index (χ0n) is 21.3. The Bertz CT molecular complexity index is 1280. The highest BCUT2D eigenvalue weighted by atomic mass is 32.2. The summed E-state index contributed by atoms with van der Waals surface area (Å²) in [4.78, 5) is 72.3. The van der Waals surface area contributed by atoms with Crippen LogP contribution < -0.4 is 5.32 Å². The number of nitrogens with zero attached hydrogens (tertiary/aromatic N) is 2. The summed E-state index contributed by atoms with van der Waals surface area (Å²) in [5, 5.41) is 38.3. The number of carbonyl (C=O) groups is 6. The summed E-state index contributed by atoms with van der Waals surface area (Å²) in [6, 6.07) is 5.04. The van der Waals surface area contributed by atoms with Gasteiger partial charge in [-0.3, -0.25) is 24.1 Å². The van der Waals surface area contributed by atoms with Gasteiger partial charge in [-0.15, -0.1) is 11.8 Å². The normalized spacial score (nSPS) is 29.1. The summed E-state index contributed by atoms with van der Waals surface area (Å²) in [6.45, 7) is 3.16. The number of hydrogen-bond acceptors (Lipinski definition) is 9. The second-order valence-electron chi connectivity index (χ2n) is 9.87. The van der Waals surface area contributed by atoms with E-state index in [9.17, 15) is 39.0 Å². The maximum absolute atomic E-state index is 12.5. The number of benzene rings is 1. The number of amides is 3. The van der Waals surface area contributed by atoms with Gasteiger partial charge in [0.15, 0.2) is 18.2 Å². The van der Waals surface area contributed by atoms with Crippen molar-refractivity contribution in [2.75, 3.05) is 6.61 Å². The molecular formula is C25H27N3O11S. The lowest BCUT2D eigenvalue weighted by Crippen LogP contribution is -2.71. The van der Waals surface area contributed by atoms with Crippen LogP contribution in [0, 0.1) is 0 Å². The van der Waals surface area contributed by atoms with Gasteiger partial charge in [-0.05, 0) is 25.5 Å². The Morgan fingerprint density at radius 2 is 1.75 bits per heavy atom. The predicted octanol–water partition coefficient (Wildman–Crippen LogP) is -0.609. The van der Waals surface area contributed by atoms with E-state index in [0.29, 0.717) is 5.56 Å². The summed E-state index contributed by atoms with van der Waals surface area (Å²) < 4.78 is 4.46. The lowest BCUT2D eigenvalue weighted by atomic mass is 9.94. The largest absolute Gasteiger partial charge is 0.480 e. The van der Waals surface area contributed by atoms with Crippen LogP contribution in [0.1, 0.15) is 31.7 Å². The Balaban J connectivity index is 0.000000222. The monoisotopic (exact) mass is 577 g/mol. The molecule has 0 bridgehead atoms. The van der Waals surface area contributed by atoms with E-state index in [1.54, 1.807) is 32.0 Å². The second kappa shape index (κ2) is 10.8. The Morgan fingerprint density at radius 3 is 2.27 bits per heavy atom. The van der Waals surface area contributed by atoms with Gasteiger partial charge in [0.2, 0.25) is 17.7 Å². The molecule has 4 aliphatic heterocycles. The molecule has 0 aliphatic carbocycles. The van der Waals surface area contributed by atoms with Gasteiger partial charge < -0.3 is 35.4 Å². The van der Waals surface area contributed by atoms with Gasteiger partial charge in [0, 0.05) is 4.75 Å². The third kappa shape index (κ3) is 4.97. The molecule has 214 valence electrons. The number of fused-ring (bicyclic) bond motifs is 2. The third-order valence-electron chi connectivity index (χ3n) is 6.91. The number of nitrogens with one attached hydrogen (secondary N) is 1. The maximum Gasteiger partial charge on any atom is 0.334 e. The Kier molecular flexibility index (Phi) is 7.81. The van der Waals surface area contributed by atoms with Crippen LogP contribution in [0.15, 0.2) is 42.2 Å². The zero-order valence-corrected chi connectivity index (χ0v) is 22.1. The molecule has 14 nitrogen and oxygen atoms in total. The van der Waals surface area contributed by atoms with Gasteiger partial charge in [0.1, 0.15) is 23.2 Å². The van der Waals surface area contributed by atoms with Crippen LogP contribution in [-0.4, -0.2) is 107 Å². The molecule has 6 atom stereocenters. The summed E-state index contributed by atoms with van der Waals surface area (Å²) >= 11 is 1.29. The van der Waals surface area contributed by atoms with Gasteiger partial charge >= 0.3 is 17.9 Å². The lowest BCUT2D eigenvalue weighted by Gasteiger charge is -2.43. The minimum absolute atomic E-state index is 0.149. The fourth-order valence-corrected chi connectivity index (χ4v) is 6.72. The van der Waals surface area contributed by atoms with Gasteiger partial charge in [0.05, 0.1) is 13.0 Å². The van der Waals surface area contributed by atoms with Crippen LogP contribution in [0.5, 0.6) is 0 Å². The van der Waals surface area contributed by atoms with E-state index < -0.39 is 70.1 Å². The molecule has 5 N–H and O–H groups in total. The molecule has 5 rings (SSSR count). The van der Waals surface area contributed by atoms with E-state index in [-0.39, 0.29) is 24.7 Å². The molecule has 15 heteroatoms. The lowest BCUT2D eigenvalue weighted by molar-refractivity contribution is -0.163. The summed E-state index contributed by atoms with van der Waals surface area (Å²) in [7, 11) is 0. The molecule has 40 heavy (non-hydrogen) atoms. The van der Waals surface area contributed by atoms with Crippen LogP contribution in [-0.2, 0) is 33.5 Å². The molecule has 3 amide bonds. The van der Waals surface area contributed by atoms with Gasteiger partial charge in [-0.25, -0.2) is 9.59 Å². The minimum Gasteiger partial charge on any atom is -0.480 e. The fraction of sp³-hybridized carbons (Fsp3) is 0.440. The molecular weight excluding hydrogens is 550 g/mol. The van der Waals surface area contributed by atoms with Crippen LogP contribution in [0.3, 0.4) is 0 Å². The van der Waals surface area contributed by atoms with Crippen molar-refractivity contribution in [2.24, 2.45) is 0 Å². The number of thioether (sulfide) groups is 1. The standard InChI is InChI=1S/C17H18N2O6S.C8H9NO5/c1-17(2)11(16(24)25)19-13(21)10(14(19)26-17)18-12(20)9(15(22)23)8-6-4-3-5-7-8;10-2-1-4-7(8(12)13)9-5(11)3-6(9)14-4/h3-7,9-11,14H,1-2H3,(H,18,20)(H,22,23)(H,24,25);1,6-7,10H,2-3H2,(H,12,13)/b;4-1-/t9?,10-,11+,14-;6-,7-/m11/s1. The number of carboxylic acid groups (broad SMARTS) is 3. The number of aliphatic hydroxyl groups is 1. The highest BCUT2D eigenvalue weighted by Gasteiger charge is 2.64. The van der Waals surface area contributed by atoms with Crippen molar-refractivity contribution in [3.05, 3.63) is 47.7 Å². The van der Waals surface area contributed by atoms with Crippen LogP contribution >= 0.6 is 11.8 Å². The van der Waals surface area contributed by atoms with Crippen molar-refractivity contribution in [3.63, 3.8) is 0 Å². The smallest absolute Gasteiger partial charge is 0.334 e. The number of aliphatic hydroxyl groups excluding tert-OH is 1. The van der Waals surface area contributed by atoms with E-state index in [2.05, 4.69) is 5.32 Å². The van der Waals surface area contributed by atoms with Crippen molar-refractivity contribution in [2.45, 2.75) is 60.7 Å². The Labute approximate surface area is 231 Å². The fourth-order valence-electron chi connectivity index (χ4n) is 5.09. The highest BCUT2D eigenvalue weighted by molar-refractivity contribution is 8.01. The van der Waals surface area contributed by atoms with Crippen molar-refractivity contribution in [1.29, 1.82) is 0 Å². The molecule has 1 unspecified atom stereocenters. The van der Waals surface area contributed by atoms with Crippen LogP contribution in [0.2, 0.25) is 0 Å². The van der Waals surface area contributed by atoms with Crippen LogP contribution in [0.25, 0.3) is 0 Å². The number of carbonyl (C=O) groups excluding carboxylic acids is 3. The molecule has 4 heterocycles. The van der Waals surface area contributed by atoms with Crippen molar-refractivity contribution >= 4 is 47.4 Å². The molecule has 0 saturated carbocycles. The first-order valence-corrected chi connectivity index (χ1v) is 13.0. The van der Waals surface area contributed by atoms with E-state index >= 15 is 0 Å². The number of ether oxygens (including phenoxy) is 1. The first-order chi connectivity index (χ1) is 18.8. The zero-order chi connectivity index (χ0) is 29.5. The maximum atomic E-state index is 12.5. The van der Waals surface area contributed by atoms with Gasteiger partial charge in [-0.2, -0.15) is 0 Å². The molecule has 0 spiro atoms. The summed E-state index contributed by atoms with van der Waals surface area (Å²) in [6.07, 6.45) is 1.03. The number of rotatable bonds is 7. The van der Waals surface area contributed by atoms with Crippen molar-refractivity contribution < 1.29 is 53.9 Å². The first-order valence-electron chi connectivity index (χ1n) is 12.1. The SMILES string of the molecule is CC1(C)S[C@@H]2[C@H](NC(=O)C(C(=O)O)c3ccccc3)C(=O)N2[C@H]1C(=O)O.O=C(O)[C@H]1/C(=C/CO)O[C@@H]2CC(=O)N21. The topological polar surface area (TPSA) is 211 Å². The predicted molar refractivity (Wildman–Crippen MR) is 135 cm³/mol. The van der Waals surface area contributed by atoms with Crippen molar-refractivity contribution in [1.82, 2.24) is 15.1 Å².